The Morgan fingerprint density at radius 1 is 1.04 bits per heavy atom. The van der Waals surface area contributed by atoms with Crippen LogP contribution in [0.4, 0.5) is 17.6 Å². The van der Waals surface area contributed by atoms with Crippen LogP contribution in [0.25, 0.3) is 0 Å². The predicted molar refractivity (Wildman–Crippen MR) is 95.7 cm³/mol. The maximum atomic E-state index is 13.7. The highest BCUT2D eigenvalue weighted by molar-refractivity contribution is 5.48. The van der Waals surface area contributed by atoms with Crippen molar-refractivity contribution in [1.82, 2.24) is 0 Å². The van der Waals surface area contributed by atoms with Gasteiger partial charge in [-0.05, 0) is 67.5 Å². The molecular formula is C22H18F4O. The van der Waals surface area contributed by atoms with E-state index in [0.717, 1.165) is 37.0 Å². The zero-order valence-electron chi connectivity index (χ0n) is 14.7. The summed E-state index contributed by atoms with van der Waals surface area (Å²) in [5, 5.41) is 0. The molecule has 5 heteroatoms. The number of hydrogen-bond acceptors (Lipinski definition) is 1. The lowest BCUT2D eigenvalue weighted by molar-refractivity contribution is -0.0546. The molecule has 140 valence electrons. The maximum absolute atomic E-state index is 13.7. The van der Waals surface area contributed by atoms with Crippen LogP contribution in [0, 0.1) is 29.4 Å². The third-order valence-corrected chi connectivity index (χ3v) is 4.49. The molecule has 27 heavy (non-hydrogen) atoms. The van der Waals surface area contributed by atoms with Gasteiger partial charge in [-0.15, -0.1) is 0 Å². The van der Waals surface area contributed by atoms with E-state index >= 15 is 0 Å². The van der Waals surface area contributed by atoms with Gasteiger partial charge in [0.25, 0.3) is 0 Å². The van der Waals surface area contributed by atoms with Crippen molar-refractivity contribution >= 4 is 0 Å². The molecule has 0 amide bonds. The molecule has 0 bridgehead atoms. The molecule has 1 unspecified atom stereocenters. The molecule has 0 fully saturated rings. The van der Waals surface area contributed by atoms with Crippen molar-refractivity contribution in [3.05, 3.63) is 76.4 Å². The summed E-state index contributed by atoms with van der Waals surface area (Å²) in [7, 11) is 0. The van der Waals surface area contributed by atoms with Gasteiger partial charge in [0, 0.05) is 11.1 Å². The van der Waals surface area contributed by atoms with Crippen LogP contribution in [0.2, 0.25) is 0 Å². The number of ether oxygens (including phenoxy) is 1. The summed E-state index contributed by atoms with van der Waals surface area (Å²) in [5.41, 5.74) is 3.32. The molecule has 3 rings (SSSR count). The van der Waals surface area contributed by atoms with Gasteiger partial charge in [0.05, 0.1) is 0 Å². The zero-order chi connectivity index (χ0) is 19.4. The molecular weight excluding hydrogens is 356 g/mol. The van der Waals surface area contributed by atoms with Crippen LogP contribution in [-0.2, 0) is 12.8 Å². The topological polar surface area (TPSA) is 9.23 Å². The Morgan fingerprint density at radius 3 is 2.41 bits per heavy atom. The molecule has 0 saturated heterocycles. The van der Waals surface area contributed by atoms with Gasteiger partial charge in [-0.25, -0.2) is 8.78 Å². The van der Waals surface area contributed by atoms with E-state index in [2.05, 4.69) is 28.7 Å². The van der Waals surface area contributed by atoms with Gasteiger partial charge in [-0.1, -0.05) is 30.1 Å². The second-order valence-electron chi connectivity index (χ2n) is 6.41. The van der Waals surface area contributed by atoms with Gasteiger partial charge in [0.15, 0.2) is 17.4 Å². The number of alkyl halides is 2. The molecule has 0 spiro atoms. The standard InChI is InChI=1S/C22H18F4O/c1-2-3-14-6-8-18-11-15(7-9-17(18)10-14)4-5-16-12-19(23)21(20(24)13-16)27-22(25)26/h2-3,7,9,11-14,22H,6,8,10H2,1H3/b3-2+. The van der Waals surface area contributed by atoms with E-state index in [9.17, 15) is 17.6 Å². The fraction of sp³-hybridized carbons (Fsp3) is 0.273. The van der Waals surface area contributed by atoms with Crippen LogP contribution in [0.3, 0.4) is 0 Å². The van der Waals surface area contributed by atoms with E-state index in [1.54, 1.807) is 0 Å². The summed E-state index contributed by atoms with van der Waals surface area (Å²) in [4.78, 5) is 0. The number of fused-ring (bicyclic) bond motifs is 1. The molecule has 0 aliphatic heterocycles. The minimum atomic E-state index is -3.30. The van der Waals surface area contributed by atoms with E-state index in [0.29, 0.717) is 5.92 Å². The van der Waals surface area contributed by atoms with Crippen LogP contribution in [0.5, 0.6) is 5.75 Å². The Kier molecular flexibility index (Phi) is 5.85. The molecule has 0 saturated carbocycles. The minimum absolute atomic E-state index is 0.0532. The first kappa shape index (κ1) is 19.0. The summed E-state index contributed by atoms with van der Waals surface area (Å²) in [6.07, 6.45) is 7.33. The summed E-state index contributed by atoms with van der Waals surface area (Å²) in [6, 6.07) is 7.68. The summed E-state index contributed by atoms with van der Waals surface area (Å²) >= 11 is 0. The smallest absolute Gasteiger partial charge is 0.387 e. The fourth-order valence-electron chi connectivity index (χ4n) is 3.28. The first-order chi connectivity index (χ1) is 13.0. The van der Waals surface area contributed by atoms with Crippen molar-refractivity contribution in [1.29, 1.82) is 0 Å². The van der Waals surface area contributed by atoms with Gasteiger partial charge >= 0.3 is 6.61 Å². The summed E-state index contributed by atoms with van der Waals surface area (Å²) in [5.74, 6) is 2.59. The Balaban J connectivity index is 1.80. The quantitative estimate of drug-likeness (QED) is 0.383. The summed E-state index contributed by atoms with van der Waals surface area (Å²) < 4.78 is 55.7. The van der Waals surface area contributed by atoms with E-state index < -0.39 is 24.0 Å². The Hall–Kier alpha value is -2.74. The van der Waals surface area contributed by atoms with Gasteiger partial charge in [0.1, 0.15) is 0 Å². The molecule has 1 aliphatic rings. The largest absolute Gasteiger partial charge is 0.429 e. The lowest BCUT2D eigenvalue weighted by Crippen LogP contribution is -2.12. The summed E-state index contributed by atoms with van der Waals surface area (Å²) in [6.45, 7) is -1.28. The van der Waals surface area contributed by atoms with E-state index in [1.807, 2.05) is 25.1 Å². The van der Waals surface area contributed by atoms with Crippen LogP contribution in [-0.4, -0.2) is 6.61 Å². The lowest BCUT2D eigenvalue weighted by Gasteiger charge is -2.22. The lowest BCUT2D eigenvalue weighted by atomic mass is 9.83. The Bertz CT molecular complexity index is 899. The van der Waals surface area contributed by atoms with Crippen molar-refractivity contribution in [2.24, 2.45) is 5.92 Å². The van der Waals surface area contributed by atoms with E-state index in [4.69, 9.17) is 0 Å². The molecule has 1 atom stereocenters. The second-order valence-corrected chi connectivity index (χ2v) is 6.41. The highest BCUT2D eigenvalue weighted by Crippen LogP contribution is 2.27. The first-order valence-corrected chi connectivity index (χ1v) is 8.66. The van der Waals surface area contributed by atoms with Gasteiger partial charge in [-0.3, -0.25) is 0 Å². The number of hydrogen-bond donors (Lipinski definition) is 0. The molecule has 1 aliphatic carbocycles. The monoisotopic (exact) mass is 374 g/mol. The first-order valence-electron chi connectivity index (χ1n) is 8.66. The maximum Gasteiger partial charge on any atom is 0.387 e. The van der Waals surface area contributed by atoms with Gasteiger partial charge in [0.2, 0.25) is 0 Å². The SMILES string of the molecule is C/C=C/C1CCc2cc(C#Cc3cc(F)c(OC(F)F)c(F)c3)ccc2C1. The fourth-order valence-corrected chi connectivity index (χ4v) is 3.28. The number of rotatable bonds is 3. The van der Waals surface area contributed by atoms with Gasteiger partial charge in [-0.2, -0.15) is 8.78 Å². The van der Waals surface area contributed by atoms with Crippen molar-refractivity contribution in [3.8, 4) is 17.6 Å². The number of halogens is 4. The molecule has 2 aromatic carbocycles. The normalized spacial score (nSPS) is 16.1. The molecule has 0 heterocycles. The van der Waals surface area contributed by atoms with E-state index in [1.165, 1.54) is 11.1 Å². The molecule has 0 N–H and O–H groups in total. The highest BCUT2D eigenvalue weighted by Gasteiger charge is 2.17. The van der Waals surface area contributed by atoms with Crippen LogP contribution in [0.1, 0.15) is 35.6 Å². The van der Waals surface area contributed by atoms with Crippen LogP contribution < -0.4 is 4.74 Å². The molecule has 2 aromatic rings. The van der Waals surface area contributed by atoms with Crippen LogP contribution in [0.15, 0.2) is 42.5 Å². The predicted octanol–water partition coefficient (Wildman–Crippen LogP) is 5.65. The molecule has 0 radical (unpaired) electrons. The van der Waals surface area contributed by atoms with Crippen molar-refractivity contribution < 1.29 is 22.3 Å². The average molecular weight is 374 g/mol. The Morgan fingerprint density at radius 2 is 1.74 bits per heavy atom. The highest BCUT2D eigenvalue weighted by atomic mass is 19.3. The average Bonchev–Trinajstić information content (AvgIpc) is 2.63. The molecule has 1 nitrogen and oxygen atoms in total. The third kappa shape index (κ3) is 4.71. The number of aryl methyl sites for hydroxylation is 1. The minimum Gasteiger partial charge on any atom is -0.429 e. The van der Waals surface area contributed by atoms with E-state index in [-0.39, 0.29) is 5.56 Å². The van der Waals surface area contributed by atoms with Crippen LogP contribution >= 0.6 is 0 Å². The van der Waals surface area contributed by atoms with Crippen molar-refractivity contribution in [2.75, 3.05) is 0 Å². The van der Waals surface area contributed by atoms with Gasteiger partial charge < -0.3 is 4.74 Å². The Labute approximate surface area is 155 Å². The zero-order valence-corrected chi connectivity index (χ0v) is 14.7. The number of benzene rings is 2. The van der Waals surface area contributed by atoms with Crippen molar-refractivity contribution in [3.63, 3.8) is 0 Å². The third-order valence-electron chi connectivity index (χ3n) is 4.49. The molecule has 0 aromatic heterocycles. The van der Waals surface area contributed by atoms with Crippen molar-refractivity contribution in [2.45, 2.75) is 32.8 Å². The number of allylic oxidation sites excluding steroid dienone is 2. The second kappa shape index (κ2) is 8.30.